The Morgan fingerprint density at radius 1 is 1.48 bits per heavy atom. The van der Waals surface area contributed by atoms with Gasteiger partial charge >= 0.3 is 12.1 Å². The molecule has 0 radical (unpaired) electrons. The Hall–Kier alpha value is -1.76. The maximum atomic E-state index is 12.1. The van der Waals surface area contributed by atoms with Crippen molar-refractivity contribution in [1.29, 1.82) is 0 Å². The predicted octanol–water partition coefficient (Wildman–Crippen LogP) is 1.52. The fraction of sp³-hybridized carbons (Fsp3) is 0.706. The second kappa shape index (κ2) is 10.9. The summed E-state index contributed by atoms with van der Waals surface area (Å²) in [5, 5.41) is 13.1. The molecular formula is C17H24F3N3O5S. The summed E-state index contributed by atoms with van der Waals surface area (Å²) in [6, 6.07) is 0. The Morgan fingerprint density at radius 3 is 2.79 bits per heavy atom. The molecule has 2 saturated heterocycles. The number of carbonyl (C=O) groups excluding carboxylic acids is 1. The minimum Gasteiger partial charge on any atom is -0.475 e. The molecular weight excluding hydrogens is 415 g/mol. The number of hydrogen-bond donors (Lipinski definition) is 2. The van der Waals surface area contributed by atoms with Crippen molar-refractivity contribution in [3.05, 3.63) is 16.6 Å². The lowest BCUT2D eigenvalue weighted by atomic mass is 9.91. The monoisotopic (exact) mass is 439 g/mol. The van der Waals surface area contributed by atoms with Gasteiger partial charge < -0.3 is 19.9 Å². The van der Waals surface area contributed by atoms with Crippen LogP contribution in [0.5, 0.6) is 0 Å². The molecule has 1 amide bonds. The number of thiazole rings is 1. The number of aliphatic carboxylic acids is 1. The number of nitrogens with one attached hydrogen (secondary N) is 1. The fourth-order valence-electron chi connectivity index (χ4n) is 3.22. The summed E-state index contributed by atoms with van der Waals surface area (Å²) in [4.78, 5) is 27.7. The highest BCUT2D eigenvalue weighted by Crippen LogP contribution is 2.33. The minimum absolute atomic E-state index is 0.00192. The summed E-state index contributed by atoms with van der Waals surface area (Å²) >= 11 is 1.69. The molecule has 3 atom stereocenters. The smallest absolute Gasteiger partial charge is 0.475 e. The fourth-order valence-corrected chi connectivity index (χ4v) is 3.88. The number of alkyl halides is 3. The molecule has 3 heterocycles. The number of carboxylic acid groups (broad SMARTS) is 1. The van der Waals surface area contributed by atoms with Crippen molar-refractivity contribution in [2.24, 2.45) is 5.92 Å². The van der Waals surface area contributed by atoms with Crippen LogP contribution in [0.2, 0.25) is 0 Å². The zero-order chi connectivity index (χ0) is 21.4. The number of ether oxygens (including phenoxy) is 2. The van der Waals surface area contributed by atoms with E-state index in [1.807, 2.05) is 11.6 Å². The summed E-state index contributed by atoms with van der Waals surface area (Å²) in [7, 11) is 1.63. The Balaban J connectivity index is 0.000000370. The number of carbonyl (C=O) groups is 2. The van der Waals surface area contributed by atoms with Gasteiger partial charge in [0.15, 0.2) is 0 Å². The van der Waals surface area contributed by atoms with Crippen LogP contribution in [0.3, 0.4) is 0 Å². The molecule has 2 N–H and O–H groups in total. The van der Waals surface area contributed by atoms with Crippen LogP contribution in [-0.2, 0) is 25.6 Å². The second-order valence-corrected chi connectivity index (χ2v) is 7.67. The number of rotatable bonds is 6. The first kappa shape index (κ1) is 23.5. The zero-order valence-corrected chi connectivity index (χ0v) is 16.7. The number of carboxylic acids is 1. The van der Waals surface area contributed by atoms with Gasteiger partial charge in [-0.25, -0.2) is 9.78 Å². The first-order valence-electron chi connectivity index (χ1n) is 9.03. The van der Waals surface area contributed by atoms with E-state index in [1.54, 1.807) is 18.4 Å². The van der Waals surface area contributed by atoms with Gasteiger partial charge in [-0.2, -0.15) is 13.2 Å². The van der Waals surface area contributed by atoms with Crippen LogP contribution < -0.4 is 5.32 Å². The maximum absolute atomic E-state index is 12.1. The number of piperidine rings is 1. The number of methoxy groups -OCH3 is 1. The quantitative estimate of drug-likeness (QED) is 0.648. The number of aromatic nitrogens is 1. The molecule has 0 spiro atoms. The van der Waals surface area contributed by atoms with E-state index in [2.05, 4.69) is 15.2 Å². The summed E-state index contributed by atoms with van der Waals surface area (Å²) in [5.74, 6) is -2.25. The normalized spacial score (nSPS) is 24.3. The lowest BCUT2D eigenvalue weighted by Crippen LogP contribution is -2.42. The lowest BCUT2D eigenvalue weighted by Gasteiger charge is -2.33. The van der Waals surface area contributed by atoms with E-state index in [0.717, 1.165) is 37.5 Å². The third-order valence-electron chi connectivity index (χ3n) is 4.62. The van der Waals surface area contributed by atoms with Crippen LogP contribution in [0.1, 0.15) is 17.8 Å². The summed E-state index contributed by atoms with van der Waals surface area (Å²) in [5.41, 5.74) is 0. The Morgan fingerprint density at radius 2 is 2.21 bits per heavy atom. The van der Waals surface area contributed by atoms with Crippen LogP contribution in [0.15, 0.2) is 11.6 Å². The highest BCUT2D eigenvalue weighted by molar-refractivity contribution is 7.09. The molecule has 1 aromatic heterocycles. The molecule has 0 bridgehead atoms. The van der Waals surface area contributed by atoms with Gasteiger partial charge in [0.2, 0.25) is 5.91 Å². The van der Waals surface area contributed by atoms with Crippen LogP contribution in [0.4, 0.5) is 13.2 Å². The number of halogens is 3. The molecule has 0 saturated carbocycles. The molecule has 2 fully saturated rings. The Kier molecular flexibility index (Phi) is 8.80. The summed E-state index contributed by atoms with van der Waals surface area (Å²) in [6.07, 6.45) is -1.43. The molecule has 164 valence electrons. The molecule has 2 aliphatic heterocycles. The molecule has 0 unspecified atom stereocenters. The Bertz CT molecular complexity index is 659. The van der Waals surface area contributed by atoms with Gasteiger partial charge in [-0.1, -0.05) is 0 Å². The van der Waals surface area contributed by atoms with Crippen LogP contribution in [0, 0.1) is 5.92 Å². The third-order valence-corrected chi connectivity index (χ3v) is 5.38. The van der Waals surface area contributed by atoms with Gasteiger partial charge in [-0.05, 0) is 25.3 Å². The van der Waals surface area contributed by atoms with Crippen molar-refractivity contribution in [2.75, 3.05) is 33.4 Å². The standard InChI is InChI=1S/C15H23N3O3S.C2HF3O2/c1-20-6-3-17-15(19)12-8-11-2-5-18(9-13(11)21-12)10-14-16-4-7-22-14;3-2(4,5)1(6)7/h4,7,11-13H,2-3,5-6,8-10H2,1H3,(H,17,19);(H,6,7)/t11-,12-,13+;/m0./s1. The van der Waals surface area contributed by atoms with Crippen LogP contribution in [-0.4, -0.2) is 78.6 Å². The summed E-state index contributed by atoms with van der Waals surface area (Å²) < 4.78 is 42.7. The Labute approximate surface area is 170 Å². The number of amides is 1. The highest BCUT2D eigenvalue weighted by Gasteiger charge is 2.41. The SMILES string of the molecule is COCCNC(=O)[C@@H]1C[C@@H]2CCN(Cc3nccs3)C[C@H]2O1.O=C(O)C(F)(F)F. The van der Waals surface area contributed by atoms with Gasteiger partial charge in [0.25, 0.3) is 0 Å². The van der Waals surface area contributed by atoms with Crippen molar-refractivity contribution < 1.29 is 37.3 Å². The van der Waals surface area contributed by atoms with Crippen LogP contribution in [0.25, 0.3) is 0 Å². The first-order valence-corrected chi connectivity index (χ1v) is 9.91. The average Bonchev–Trinajstić information content (AvgIpc) is 3.30. The van der Waals surface area contributed by atoms with Gasteiger partial charge in [-0.15, -0.1) is 11.3 Å². The second-order valence-electron chi connectivity index (χ2n) is 6.70. The zero-order valence-electron chi connectivity index (χ0n) is 15.9. The van der Waals surface area contributed by atoms with Gasteiger partial charge in [0.1, 0.15) is 11.1 Å². The molecule has 29 heavy (non-hydrogen) atoms. The minimum atomic E-state index is -5.08. The number of nitrogens with zero attached hydrogens (tertiary/aromatic N) is 2. The van der Waals surface area contributed by atoms with Gasteiger partial charge in [-0.3, -0.25) is 9.69 Å². The molecule has 3 rings (SSSR count). The number of hydrogen-bond acceptors (Lipinski definition) is 7. The van der Waals surface area contributed by atoms with Gasteiger partial charge in [0.05, 0.1) is 19.3 Å². The van der Waals surface area contributed by atoms with Gasteiger partial charge in [0, 0.05) is 31.8 Å². The van der Waals surface area contributed by atoms with Crippen molar-refractivity contribution in [3.8, 4) is 0 Å². The predicted molar refractivity (Wildman–Crippen MR) is 97.4 cm³/mol. The molecule has 2 aliphatic rings. The first-order chi connectivity index (χ1) is 13.7. The van der Waals surface area contributed by atoms with Crippen molar-refractivity contribution in [3.63, 3.8) is 0 Å². The van der Waals surface area contributed by atoms with Crippen LogP contribution >= 0.6 is 11.3 Å². The van der Waals surface area contributed by atoms with E-state index in [1.165, 1.54) is 0 Å². The number of likely N-dealkylation sites (tertiary alicyclic amines) is 1. The molecule has 1 aromatic rings. The van der Waals surface area contributed by atoms with Crippen molar-refractivity contribution >= 4 is 23.2 Å². The van der Waals surface area contributed by atoms with E-state index in [0.29, 0.717) is 19.1 Å². The molecule has 12 heteroatoms. The van der Waals surface area contributed by atoms with E-state index in [-0.39, 0.29) is 18.1 Å². The van der Waals surface area contributed by atoms with E-state index >= 15 is 0 Å². The van der Waals surface area contributed by atoms with Crippen molar-refractivity contribution in [2.45, 2.75) is 37.8 Å². The highest BCUT2D eigenvalue weighted by atomic mass is 32.1. The van der Waals surface area contributed by atoms with E-state index in [9.17, 15) is 18.0 Å². The van der Waals surface area contributed by atoms with E-state index in [4.69, 9.17) is 19.4 Å². The summed E-state index contributed by atoms with van der Waals surface area (Å²) in [6.45, 7) is 3.91. The molecule has 8 nitrogen and oxygen atoms in total. The molecule has 0 aromatic carbocycles. The largest absolute Gasteiger partial charge is 0.490 e. The average molecular weight is 439 g/mol. The number of fused-ring (bicyclic) bond motifs is 1. The molecule has 0 aliphatic carbocycles. The lowest BCUT2D eigenvalue weighted by molar-refractivity contribution is -0.192. The third kappa shape index (κ3) is 7.53. The van der Waals surface area contributed by atoms with Crippen molar-refractivity contribution in [1.82, 2.24) is 15.2 Å². The maximum Gasteiger partial charge on any atom is 0.490 e. The van der Waals surface area contributed by atoms with E-state index < -0.39 is 12.1 Å². The topological polar surface area (TPSA) is 101 Å².